The van der Waals surface area contributed by atoms with Crippen LogP contribution in [0.5, 0.6) is 0 Å². The Morgan fingerprint density at radius 1 is 1.06 bits per heavy atom. The molecular weight excluding hydrogens is 449 g/mol. The quantitative estimate of drug-likeness (QED) is 0.320. The molecule has 0 saturated carbocycles. The third-order valence-electron chi connectivity index (χ3n) is 5.08. The molecule has 170 valence electrons. The molecule has 0 bridgehead atoms. The summed E-state index contributed by atoms with van der Waals surface area (Å²) in [5.74, 6) is 1.26. The molecule has 4 rings (SSSR count). The number of nitrogens with one attached hydrogen (secondary N) is 1. The summed E-state index contributed by atoms with van der Waals surface area (Å²) in [6.07, 6.45) is -3.39. The molecule has 2 aromatic heterocycles. The average Bonchev–Trinajstić information content (AvgIpc) is 3.39. The van der Waals surface area contributed by atoms with E-state index in [9.17, 15) is 18.0 Å². The van der Waals surface area contributed by atoms with Gasteiger partial charge in [0.05, 0.1) is 11.3 Å². The second kappa shape index (κ2) is 9.62. The number of halogens is 3. The molecule has 0 aliphatic rings. The highest BCUT2D eigenvalue weighted by molar-refractivity contribution is 7.15. The summed E-state index contributed by atoms with van der Waals surface area (Å²) in [4.78, 5) is 17.6. The number of rotatable bonds is 7. The maximum atomic E-state index is 13.0. The minimum atomic E-state index is -4.38. The molecule has 4 aromatic rings. The zero-order valence-corrected chi connectivity index (χ0v) is 18.6. The number of furan rings is 1. The van der Waals surface area contributed by atoms with E-state index in [-0.39, 0.29) is 12.3 Å². The fraction of sp³-hybridized carbons (Fsp3) is 0.200. The van der Waals surface area contributed by atoms with Gasteiger partial charge in [0.25, 0.3) is 0 Å². The van der Waals surface area contributed by atoms with Crippen LogP contribution in [0.25, 0.3) is 11.3 Å². The summed E-state index contributed by atoms with van der Waals surface area (Å²) < 4.78 is 44.7. The number of benzene rings is 2. The van der Waals surface area contributed by atoms with Crippen LogP contribution in [0.3, 0.4) is 0 Å². The Labute approximate surface area is 193 Å². The summed E-state index contributed by atoms with van der Waals surface area (Å²) in [5.41, 5.74) is 1.52. The molecule has 0 aliphatic carbocycles. The summed E-state index contributed by atoms with van der Waals surface area (Å²) in [5, 5.41) is 3.21. The monoisotopic (exact) mass is 470 g/mol. The predicted octanol–water partition coefficient (Wildman–Crippen LogP) is 6.89. The van der Waals surface area contributed by atoms with Crippen molar-refractivity contribution < 1.29 is 22.4 Å². The second-order valence-electron chi connectivity index (χ2n) is 7.58. The van der Waals surface area contributed by atoms with Crippen LogP contribution in [0, 0.1) is 6.92 Å². The number of nitrogens with zero attached hydrogens (tertiary/aromatic N) is 1. The van der Waals surface area contributed by atoms with Crippen molar-refractivity contribution in [2.75, 3.05) is 5.32 Å². The largest absolute Gasteiger partial charge is 0.461 e. The van der Waals surface area contributed by atoms with Crippen LogP contribution in [-0.2, 0) is 23.8 Å². The van der Waals surface area contributed by atoms with Gasteiger partial charge < -0.3 is 9.73 Å². The number of aryl methyl sites for hydroxylation is 2. The van der Waals surface area contributed by atoms with Gasteiger partial charge in [0.15, 0.2) is 5.13 Å². The van der Waals surface area contributed by atoms with Crippen molar-refractivity contribution in [2.45, 2.75) is 32.4 Å². The standard InChI is InChI=1S/C25H21F3N2O2S/c1-16-22(15-17-6-5-9-19(14-17)25(26,27)28)33-24(29-16)30-23(31)13-11-20-10-12-21(32-20)18-7-3-2-4-8-18/h2-10,12,14H,11,13,15H2,1H3,(H,29,30,31). The van der Waals surface area contributed by atoms with Gasteiger partial charge >= 0.3 is 6.18 Å². The lowest BCUT2D eigenvalue weighted by atomic mass is 10.1. The van der Waals surface area contributed by atoms with Crippen LogP contribution in [0.15, 0.2) is 71.1 Å². The number of carbonyl (C=O) groups is 1. The first-order valence-corrected chi connectivity index (χ1v) is 11.2. The van der Waals surface area contributed by atoms with Gasteiger partial charge in [-0.25, -0.2) is 4.98 Å². The van der Waals surface area contributed by atoms with Gasteiger partial charge in [0, 0.05) is 29.7 Å². The number of aromatic nitrogens is 1. The maximum absolute atomic E-state index is 13.0. The molecule has 1 amide bonds. The molecule has 0 aliphatic heterocycles. The van der Waals surface area contributed by atoms with Crippen LogP contribution in [0.2, 0.25) is 0 Å². The topological polar surface area (TPSA) is 55.1 Å². The third kappa shape index (κ3) is 5.90. The Bertz CT molecular complexity index is 1250. The summed E-state index contributed by atoms with van der Waals surface area (Å²) in [7, 11) is 0. The van der Waals surface area contributed by atoms with Crippen molar-refractivity contribution in [1.29, 1.82) is 0 Å². The van der Waals surface area contributed by atoms with Crippen LogP contribution in [0.1, 0.15) is 33.9 Å². The van der Waals surface area contributed by atoms with E-state index >= 15 is 0 Å². The van der Waals surface area contributed by atoms with E-state index < -0.39 is 11.7 Å². The minimum Gasteiger partial charge on any atom is -0.461 e. The zero-order chi connectivity index (χ0) is 23.4. The molecule has 0 atom stereocenters. The van der Waals surface area contributed by atoms with E-state index in [4.69, 9.17) is 4.42 Å². The van der Waals surface area contributed by atoms with Crippen LogP contribution in [0.4, 0.5) is 18.3 Å². The molecule has 4 nitrogen and oxygen atoms in total. The average molecular weight is 471 g/mol. The Hall–Kier alpha value is -3.39. The molecule has 33 heavy (non-hydrogen) atoms. The van der Waals surface area contributed by atoms with Gasteiger partial charge in [-0.2, -0.15) is 13.2 Å². The van der Waals surface area contributed by atoms with Crippen molar-refractivity contribution >= 4 is 22.4 Å². The Kier molecular flexibility index (Phi) is 6.65. The van der Waals surface area contributed by atoms with E-state index in [2.05, 4.69) is 10.3 Å². The smallest absolute Gasteiger partial charge is 0.416 e. The number of amides is 1. The van der Waals surface area contributed by atoms with E-state index in [0.717, 1.165) is 28.3 Å². The Morgan fingerprint density at radius 2 is 1.85 bits per heavy atom. The van der Waals surface area contributed by atoms with Crippen LogP contribution >= 0.6 is 11.3 Å². The first kappa shape index (κ1) is 22.8. The highest BCUT2D eigenvalue weighted by Crippen LogP contribution is 2.31. The Morgan fingerprint density at radius 3 is 2.61 bits per heavy atom. The van der Waals surface area contributed by atoms with Crippen LogP contribution in [-0.4, -0.2) is 10.9 Å². The van der Waals surface area contributed by atoms with Gasteiger partial charge in [0.1, 0.15) is 11.5 Å². The number of hydrogen-bond donors (Lipinski definition) is 1. The van der Waals surface area contributed by atoms with Crippen molar-refractivity contribution in [1.82, 2.24) is 4.98 Å². The molecule has 2 aromatic carbocycles. The summed E-state index contributed by atoms with van der Waals surface area (Å²) in [6, 6.07) is 18.7. The van der Waals surface area contributed by atoms with Crippen molar-refractivity contribution in [2.24, 2.45) is 0 Å². The van der Waals surface area contributed by atoms with E-state index in [0.29, 0.717) is 35.0 Å². The minimum absolute atomic E-state index is 0.202. The van der Waals surface area contributed by atoms with Gasteiger partial charge in [0.2, 0.25) is 5.91 Å². The molecule has 1 N–H and O–H groups in total. The fourth-order valence-electron chi connectivity index (χ4n) is 3.38. The first-order chi connectivity index (χ1) is 15.8. The SMILES string of the molecule is Cc1nc(NC(=O)CCc2ccc(-c3ccccc3)o2)sc1Cc1cccc(C(F)(F)F)c1. The molecule has 0 saturated heterocycles. The lowest BCUT2D eigenvalue weighted by molar-refractivity contribution is -0.137. The molecule has 8 heteroatoms. The second-order valence-corrected chi connectivity index (χ2v) is 8.67. The third-order valence-corrected chi connectivity index (χ3v) is 6.15. The fourth-order valence-corrected chi connectivity index (χ4v) is 4.39. The maximum Gasteiger partial charge on any atom is 0.416 e. The van der Waals surface area contributed by atoms with Gasteiger partial charge in [-0.15, -0.1) is 11.3 Å². The van der Waals surface area contributed by atoms with Crippen LogP contribution < -0.4 is 5.32 Å². The Balaban J connectivity index is 1.34. The van der Waals surface area contributed by atoms with Gasteiger partial charge in [-0.3, -0.25) is 4.79 Å². The number of thiazole rings is 1. The number of alkyl halides is 3. The molecule has 2 heterocycles. The molecular formula is C25H21F3N2O2S. The van der Waals surface area contributed by atoms with Gasteiger partial charge in [-0.05, 0) is 30.7 Å². The van der Waals surface area contributed by atoms with E-state index in [1.807, 2.05) is 42.5 Å². The predicted molar refractivity (Wildman–Crippen MR) is 122 cm³/mol. The number of hydrogen-bond acceptors (Lipinski definition) is 4. The highest BCUT2D eigenvalue weighted by Gasteiger charge is 2.30. The first-order valence-electron chi connectivity index (χ1n) is 10.3. The molecule has 0 unspecified atom stereocenters. The summed E-state index contributed by atoms with van der Waals surface area (Å²) in [6.45, 7) is 1.78. The number of anilines is 1. The van der Waals surface area contributed by atoms with Crippen molar-refractivity contribution in [3.05, 3.63) is 94.2 Å². The van der Waals surface area contributed by atoms with E-state index in [1.165, 1.54) is 17.4 Å². The molecule has 0 fully saturated rings. The lowest BCUT2D eigenvalue weighted by Gasteiger charge is -2.08. The highest BCUT2D eigenvalue weighted by atomic mass is 32.1. The van der Waals surface area contributed by atoms with Crippen molar-refractivity contribution in [3.8, 4) is 11.3 Å². The van der Waals surface area contributed by atoms with E-state index in [1.54, 1.807) is 13.0 Å². The normalized spacial score (nSPS) is 11.5. The lowest BCUT2D eigenvalue weighted by Crippen LogP contribution is -2.11. The zero-order valence-electron chi connectivity index (χ0n) is 17.8. The van der Waals surface area contributed by atoms with Crippen molar-refractivity contribution in [3.63, 3.8) is 0 Å². The summed E-state index contributed by atoms with van der Waals surface area (Å²) >= 11 is 1.27. The number of carbonyl (C=O) groups excluding carboxylic acids is 1. The molecule has 0 radical (unpaired) electrons. The molecule has 0 spiro atoms. The van der Waals surface area contributed by atoms with Gasteiger partial charge in [-0.1, -0.05) is 48.5 Å².